The molecule has 2 aromatic heterocycles. The molecule has 0 bridgehead atoms. The Morgan fingerprint density at radius 3 is 2.79 bits per heavy atom. The average Bonchev–Trinajstić information content (AvgIpc) is 2.80. The van der Waals surface area contributed by atoms with Crippen LogP contribution in [-0.4, -0.2) is 20.4 Å². The molecule has 102 valence electrons. The highest BCUT2D eigenvalue weighted by atomic mass is 32.2. The standard InChI is InChI=1S/C12H16N4OS2/c1-4-9-14-12(19-16-9)18-10-6-5-8(13)11(15-10)17-7(2)3/h5-7H,4,13H2,1-3H3. The van der Waals surface area contributed by atoms with Crippen molar-refractivity contribution in [3.05, 3.63) is 18.0 Å². The summed E-state index contributed by atoms with van der Waals surface area (Å²) in [6.07, 6.45) is 0.886. The maximum atomic E-state index is 5.83. The normalized spacial score (nSPS) is 10.9. The van der Waals surface area contributed by atoms with Gasteiger partial charge in [-0.15, -0.1) is 0 Å². The summed E-state index contributed by atoms with van der Waals surface area (Å²) >= 11 is 2.85. The Morgan fingerprint density at radius 2 is 2.16 bits per heavy atom. The van der Waals surface area contributed by atoms with E-state index in [4.69, 9.17) is 10.5 Å². The van der Waals surface area contributed by atoms with Crippen LogP contribution in [0.3, 0.4) is 0 Å². The Hall–Kier alpha value is -1.34. The summed E-state index contributed by atoms with van der Waals surface area (Å²) in [5.41, 5.74) is 6.38. The van der Waals surface area contributed by atoms with Gasteiger partial charge < -0.3 is 10.5 Å². The van der Waals surface area contributed by atoms with E-state index in [1.165, 1.54) is 23.3 Å². The molecule has 2 heterocycles. The van der Waals surface area contributed by atoms with Gasteiger partial charge in [-0.25, -0.2) is 9.97 Å². The Bertz CT molecular complexity index is 556. The largest absolute Gasteiger partial charge is 0.473 e. The van der Waals surface area contributed by atoms with E-state index in [2.05, 4.69) is 14.3 Å². The van der Waals surface area contributed by atoms with E-state index in [0.29, 0.717) is 11.6 Å². The van der Waals surface area contributed by atoms with Crippen LogP contribution in [0.5, 0.6) is 5.88 Å². The predicted molar refractivity (Wildman–Crippen MR) is 77.8 cm³/mol. The molecule has 0 aliphatic carbocycles. The number of nitrogens with two attached hydrogens (primary N) is 1. The summed E-state index contributed by atoms with van der Waals surface area (Å²) in [6, 6.07) is 3.66. The van der Waals surface area contributed by atoms with Crippen LogP contribution in [0, 0.1) is 0 Å². The fourth-order valence-corrected chi connectivity index (χ4v) is 2.93. The Kier molecular flexibility index (Phi) is 4.60. The average molecular weight is 296 g/mol. The highest BCUT2D eigenvalue weighted by Gasteiger charge is 2.10. The van der Waals surface area contributed by atoms with Crippen LogP contribution in [0.1, 0.15) is 26.6 Å². The van der Waals surface area contributed by atoms with Gasteiger partial charge in [0, 0.05) is 6.42 Å². The first-order valence-electron chi connectivity index (χ1n) is 6.02. The van der Waals surface area contributed by atoms with Crippen molar-refractivity contribution in [2.24, 2.45) is 0 Å². The zero-order valence-corrected chi connectivity index (χ0v) is 12.7. The van der Waals surface area contributed by atoms with Crippen LogP contribution in [-0.2, 0) is 6.42 Å². The molecule has 5 nitrogen and oxygen atoms in total. The first-order valence-corrected chi connectivity index (χ1v) is 7.61. The maximum absolute atomic E-state index is 5.83. The van der Waals surface area contributed by atoms with E-state index in [0.717, 1.165) is 21.6 Å². The van der Waals surface area contributed by atoms with Crippen molar-refractivity contribution >= 4 is 29.0 Å². The van der Waals surface area contributed by atoms with E-state index in [1.54, 1.807) is 6.07 Å². The topological polar surface area (TPSA) is 73.9 Å². The van der Waals surface area contributed by atoms with E-state index in [9.17, 15) is 0 Å². The summed E-state index contributed by atoms with van der Waals surface area (Å²) in [6.45, 7) is 5.92. The Balaban J connectivity index is 2.16. The van der Waals surface area contributed by atoms with Crippen molar-refractivity contribution in [3.8, 4) is 5.88 Å². The molecule has 2 N–H and O–H groups in total. The number of aromatic nitrogens is 3. The third kappa shape index (κ3) is 3.81. The molecule has 2 aromatic rings. The molecular weight excluding hydrogens is 280 g/mol. The van der Waals surface area contributed by atoms with Gasteiger partial charge in [-0.05, 0) is 49.3 Å². The Morgan fingerprint density at radius 1 is 1.37 bits per heavy atom. The summed E-state index contributed by atoms with van der Waals surface area (Å²) in [5.74, 6) is 1.34. The molecule has 0 aromatic carbocycles. The van der Waals surface area contributed by atoms with Crippen molar-refractivity contribution in [2.75, 3.05) is 5.73 Å². The van der Waals surface area contributed by atoms with Crippen LogP contribution in [0.15, 0.2) is 21.5 Å². The second-order valence-electron chi connectivity index (χ2n) is 4.14. The van der Waals surface area contributed by atoms with E-state index >= 15 is 0 Å². The lowest BCUT2D eigenvalue weighted by molar-refractivity contribution is 0.232. The smallest absolute Gasteiger partial charge is 0.238 e. The molecule has 0 aliphatic heterocycles. The third-order valence-electron chi connectivity index (χ3n) is 2.17. The molecule has 0 radical (unpaired) electrons. The van der Waals surface area contributed by atoms with Gasteiger partial charge in [-0.1, -0.05) is 6.92 Å². The van der Waals surface area contributed by atoms with E-state index < -0.39 is 0 Å². The van der Waals surface area contributed by atoms with Gasteiger partial charge in [0.1, 0.15) is 10.9 Å². The number of hydrogen-bond donors (Lipinski definition) is 1. The second-order valence-corrected chi connectivity index (χ2v) is 6.16. The molecular formula is C12H16N4OS2. The minimum Gasteiger partial charge on any atom is -0.473 e. The van der Waals surface area contributed by atoms with Gasteiger partial charge in [0.2, 0.25) is 5.88 Å². The van der Waals surface area contributed by atoms with Crippen molar-refractivity contribution in [1.82, 2.24) is 14.3 Å². The number of nitrogen functional groups attached to an aromatic ring is 1. The first kappa shape index (κ1) is 14.1. The van der Waals surface area contributed by atoms with Gasteiger partial charge in [-0.3, -0.25) is 0 Å². The molecule has 19 heavy (non-hydrogen) atoms. The van der Waals surface area contributed by atoms with Gasteiger partial charge in [-0.2, -0.15) is 4.37 Å². The summed E-state index contributed by atoms with van der Waals surface area (Å²) in [4.78, 5) is 8.79. The lowest BCUT2D eigenvalue weighted by atomic mass is 10.4. The van der Waals surface area contributed by atoms with Gasteiger partial charge in [0.05, 0.1) is 11.8 Å². The lowest BCUT2D eigenvalue weighted by Crippen LogP contribution is -2.09. The van der Waals surface area contributed by atoms with Crippen molar-refractivity contribution in [3.63, 3.8) is 0 Å². The SMILES string of the molecule is CCc1nsc(Sc2ccc(N)c(OC(C)C)n2)n1. The van der Waals surface area contributed by atoms with Crippen molar-refractivity contribution < 1.29 is 4.74 Å². The number of rotatable bonds is 5. The predicted octanol–water partition coefficient (Wildman–Crippen LogP) is 3.02. The summed E-state index contributed by atoms with van der Waals surface area (Å²) < 4.78 is 10.7. The van der Waals surface area contributed by atoms with E-state index in [1.807, 2.05) is 26.8 Å². The fraction of sp³-hybridized carbons (Fsp3) is 0.417. The monoisotopic (exact) mass is 296 g/mol. The lowest BCUT2D eigenvalue weighted by Gasteiger charge is -2.11. The minimum atomic E-state index is 0.0447. The Labute approximate surface area is 120 Å². The highest BCUT2D eigenvalue weighted by molar-refractivity contribution is 8.00. The van der Waals surface area contributed by atoms with Gasteiger partial charge >= 0.3 is 0 Å². The highest BCUT2D eigenvalue weighted by Crippen LogP contribution is 2.31. The number of anilines is 1. The van der Waals surface area contributed by atoms with Crippen LogP contribution in [0.25, 0.3) is 0 Å². The zero-order chi connectivity index (χ0) is 13.8. The summed E-state index contributed by atoms with van der Waals surface area (Å²) in [7, 11) is 0. The molecule has 0 unspecified atom stereocenters. The molecule has 0 aliphatic rings. The zero-order valence-electron chi connectivity index (χ0n) is 11.1. The number of aryl methyl sites for hydroxylation is 1. The molecule has 0 atom stereocenters. The molecule has 0 amide bonds. The third-order valence-corrected chi connectivity index (χ3v) is 3.89. The molecule has 7 heteroatoms. The number of ether oxygens (including phenoxy) is 1. The van der Waals surface area contributed by atoms with Gasteiger partial charge in [0.25, 0.3) is 0 Å². The van der Waals surface area contributed by atoms with Crippen LogP contribution < -0.4 is 10.5 Å². The number of hydrogen-bond acceptors (Lipinski definition) is 7. The molecule has 0 saturated carbocycles. The fourth-order valence-electron chi connectivity index (χ4n) is 1.32. The van der Waals surface area contributed by atoms with Crippen LogP contribution in [0.4, 0.5) is 5.69 Å². The molecule has 2 rings (SSSR count). The molecule has 0 spiro atoms. The maximum Gasteiger partial charge on any atom is 0.238 e. The molecule has 0 saturated heterocycles. The van der Waals surface area contributed by atoms with Crippen LogP contribution >= 0.6 is 23.3 Å². The van der Waals surface area contributed by atoms with Crippen molar-refractivity contribution in [2.45, 2.75) is 42.7 Å². The van der Waals surface area contributed by atoms with Crippen LogP contribution in [0.2, 0.25) is 0 Å². The van der Waals surface area contributed by atoms with Crippen molar-refractivity contribution in [1.29, 1.82) is 0 Å². The number of nitrogens with zero attached hydrogens (tertiary/aromatic N) is 3. The quantitative estimate of drug-likeness (QED) is 0.914. The minimum absolute atomic E-state index is 0.0447. The number of pyridine rings is 1. The summed E-state index contributed by atoms with van der Waals surface area (Å²) in [5, 5.41) is 0.809. The molecule has 0 fully saturated rings. The van der Waals surface area contributed by atoms with Gasteiger partial charge in [0.15, 0.2) is 4.34 Å². The van der Waals surface area contributed by atoms with E-state index in [-0.39, 0.29) is 6.10 Å². The second kappa shape index (κ2) is 6.21. The first-order chi connectivity index (χ1) is 9.08.